The van der Waals surface area contributed by atoms with Crippen molar-refractivity contribution in [2.24, 2.45) is 0 Å². The minimum atomic E-state index is -0.0446. The molecule has 60 valence electrons. The molecule has 1 aromatic heterocycles. The molecule has 0 saturated carbocycles. The van der Waals surface area contributed by atoms with E-state index in [4.69, 9.17) is 0 Å². The summed E-state index contributed by atoms with van der Waals surface area (Å²) in [5.41, 5.74) is 1.99. The van der Waals surface area contributed by atoms with Crippen molar-refractivity contribution < 1.29 is 0 Å². The fourth-order valence-corrected chi connectivity index (χ4v) is 1.33. The minimum Gasteiger partial charge on any atom is -0.322 e. The van der Waals surface area contributed by atoms with Gasteiger partial charge < -0.3 is 4.98 Å². The van der Waals surface area contributed by atoms with Gasteiger partial charge in [-0.25, -0.2) is 0 Å². The van der Waals surface area contributed by atoms with Crippen LogP contribution in [0.1, 0.15) is 5.56 Å². The average Bonchev–Trinajstić information content (AvgIpc) is 2.07. The summed E-state index contributed by atoms with van der Waals surface area (Å²) >= 11 is 0. The summed E-state index contributed by atoms with van der Waals surface area (Å²) in [6, 6.07) is 9.33. The van der Waals surface area contributed by atoms with Crippen molar-refractivity contribution in [2.75, 3.05) is 0 Å². The van der Waals surface area contributed by atoms with Crippen molar-refractivity contribution in [3.8, 4) is 0 Å². The van der Waals surface area contributed by atoms with Crippen LogP contribution in [0.3, 0.4) is 0 Å². The molecule has 0 radical (unpaired) electrons. The third-order valence-electron chi connectivity index (χ3n) is 1.97. The Labute approximate surface area is 69.9 Å². The van der Waals surface area contributed by atoms with Crippen LogP contribution in [-0.2, 0) is 0 Å². The van der Waals surface area contributed by atoms with Crippen molar-refractivity contribution in [1.29, 1.82) is 0 Å². The van der Waals surface area contributed by atoms with Gasteiger partial charge in [0, 0.05) is 6.07 Å². The SMILES string of the molecule is Cc1cccc2ccc(=O)[nH]c12. The highest BCUT2D eigenvalue weighted by molar-refractivity contribution is 5.81. The first kappa shape index (κ1) is 7.10. The summed E-state index contributed by atoms with van der Waals surface area (Å²) in [6.45, 7) is 1.98. The van der Waals surface area contributed by atoms with E-state index < -0.39 is 0 Å². The molecule has 1 aromatic carbocycles. The van der Waals surface area contributed by atoms with Crippen molar-refractivity contribution in [2.45, 2.75) is 6.92 Å². The van der Waals surface area contributed by atoms with Gasteiger partial charge in [-0.05, 0) is 23.9 Å². The molecule has 2 aromatic rings. The highest BCUT2D eigenvalue weighted by Crippen LogP contribution is 2.12. The largest absolute Gasteiger partial charge is 0.322 e. The summed E-state index contributed by atoms with van der Waals surface area (Å²) in [4.78, 5) is 13.8. The van der Waals surface area contributed by atoms with Crippen LogP contribution in [0.15, 0.2) is 35.1 Å². The van der Waals surface area contributed by atoms with E-state index >= 15 is 0 Å². The Morgan fingerprint density at radius 1 is 1.17 bits per heavy atom. The smallest absolute Gasteiger partial charge is 0.248 e. The van der Waals surface area contributed by atoms with Gasteiger partial charge in [0.25, 0.3) is 0 Å². The van der Waals surface area contributed by atoms with Crippen molar-refractivity contribution in [1.82, 2.24) is 4.98 Å². The van der Waals surface area contributed by atoms with Gasteiger partial charge in [-0.3, -0.25) is 4.79 Å². The molecule has 0 aliphatic carbocycles. The number of benzene rings is 1. The van der Waals surface area contributed by atoms with Gasteiger partial charge >= 0.3 is 0 Å². The third kappa shape index (κ3) is 1.01. The van der Waals surface area contributed by atoms with Crippen LogP contribution in [-0.4, -0.2) is 4.98 Å². The molecule has 0 amide bonds. The standard InChI is InChI=1S/C10H9NO/c1-7-3-2-4-8-5-6-9(12)11-10(7)8/h2-6H,1H3,(H,11,12). The van der Waals surface area contributed by atoms with E-state index in [0.717, 1.165) is 16.5 Å². The first-order valence-corrected chi connectivity index (χ1v) is 3.86. The first-order valence-electron chi connectivity index (χ1n) is 3.86. The third-order valence-corrected chi connectivity index (χ3v) is 1.97. The van der Waals surface area contributed by atoms with Gasteiger partial charge in [0.1, 0.15) is 0 Å². The molecule has 0 spiro atoms. The average molecular weight is 159 g/mol. The van der Waals surface area contributed by atoms with E-state index in [2.05, 4.69) is 4.98 Å². The number of H-pyrrole nitrogens is 1. The van der Waals surface area contributed by atoms with E-state index in [0.29, 0.717) is 0 Å². The highest BCUT2D eigenvalue weighted by atomic mass is 16.1. The van der Waals surface area contributed by atoms with E-state index in [1.54, 1.807) is 6.07 Å². The van der Waals surface area contributed by atoms with Gasteiger partial charge in [0.15, 0.2) is 0 Å². The number of fused-ring (bicyclic) bond motifs is 1. The summed E-state index contributed by atoms with van der Waals surface area (Å²) in [5.74, 6) is 0. The van der Waals surface area contributed by atoms with Crippen LogP contribution in [0.25, 0.3) is 10.9 Å². The Balaban J connectivity index is 2.97. The minimum absolute atomic E-state index is 0.0446. The molecule has 2 nitrogen and oxygen atoms in total. The second-order valence-corrected chi connectivity index (χ2v) is 2.86. The van der Waals surface area contributed by atoms with Crippen LogP contribution >= 0.6 is 0 Å². The molecule has 2 rings (SSSR count). The molecular formula is C10H9NO. The maximum atomic E-state index is 11.0. The maximum Gasteiger partial charge on any atom is 0.248 e. The van der Waals surface area contributed by atoms with Crippen LogP contribution < -0.4 is 5.56 Å². The molecule has 0 unspecified atom stereocenters. The van der Waals surface area contributed by atoms with Crippen molar-refractivity contribution in [3.63, 3.8) is 0 Å². The number of para-hydroxylation sites is 1. The van der Waals surface area contributed by atoms with E-state index in [1.165, 1.54) is 0 Å². The summed E-state index contributed by atoms with van der Waals surface area (Å²) in [7, 11) is 0. The summed E-state index contributed by atoms with van der Waals surface area (Å²) in [5, 5.41) is 1.08. The van der Waals surface area contributed by atoms with Crippen LogP contribution in [0.2, 0.25) is 0 Å². The second-order valence-electron chi connectivity index (χ2n) is 2.86. The lowest BCUT2D eigenvalue weighted by Gasteiger charge is -1.99. The monoisotopic (exact) mass is 159 g/mol. The lowest BCUT2D eigenvalue weighted by Crippen LogP contribution is -2.02. The summed E-state index contributed by atoms with van der Waals surface area (Å²) in [6.07, 6.45) is 0. The molecule has 0 aliphatic rings. The molecule has 0 saturated heterocycles. The molecule has 0 aliphatic heterocycles. The number of rotatable bonds is 0. The van der Waals surface area contributed by atoms with Crippen molar-refractivity contribution in [3.05, 3.63) is 46.2 Å². The Morgan fingerprint density at radius 2 is 2.00 bits per heavy atom. The molecule has 2 heteroatoms. The van der Waals surface area contributed by atoms with E-state index in [-0.39, 0.29) is 5.56 Å². The number of aromatic nitrogens is 1. The number of hydrogen-bond acceptors (Lipinski definition) is 1. The molecule has 1 heterocycles. The number of nitrogens with one attached hydrogen (secondary N) is 1. The Hall–Kier alpha value is -1.57. The van der Waals surface area contributed by atoms with Gasteiger partial charge in [-0.15, -0.1) is 0 Å². The highest BCUT2D eigenvalue weighted by Gasteiger charge is 1.95. The zero-order valence-corrected chi connectivity index (χ0v) is 6.79. The van der Waals surface area contributed by atoms with Crippen molar-refractivity contribution >= 4 is 10.9 Å². The van der Waals surface area contributed by atoms with E-state index in [1.807, 2.05) is 31.2 Å². The molecule has 1 N–H and O–H groups in total. The summed E-state index contributed by atoms with van der Waals surface area (Å²) < 4.78 is 0. The van der Waals surface area contributed by atoms with Crippen LogP contribution in [0.4, 0.5) is 0 Å². The normalized spacial score (nSPS) is 10.4. The predicted octanol–water partition coefficient (Wildman–Crippen LogP) is 1.84. The maximum absolute atomic E-state index is 11.0. The quantitative estimate of drug-likeness (QED) is 0.625. The molecule has 12 heavy (non-hydrogen) atoms. The predicted molar refractivity (Wildman–Crippen MR) is 49.3 cm³/mol. The fourth-order valence-electron chi connectivity index (χ4n) is 1.33. The van der Waals surface area contributed by atoms with Crippen LogP contribution in [0.5, 0.6) is 0 Å². The van der Waals surface area contributed by atoms with E-state index in [9.17, 15) is 4.79 Å². The van der Waals surface area contributed by atoms with Gasteiger partial charge in [-0.1, -0.05) is 18.2 Å². The fraction of sp³-hybridized carbons (Fsp3) is 0.100. The lowest BCUT2D eigenvalue weighted by molar-refractivity contribution is 1.28. The number of aromatic amines is 1. The number of pyridine rings is 1. The Morgan fingerprint density at radius 3 is 2.83 bits per heavy atom. The second kappa shape index (κ2) is 2.48. The van der Waals surface area contributed by atoms with Crippen LogP contribution in [0, 0.1) is 6.92 Å². The molecule has 0 fully saturated rings. The number of hydrogen-bond donors (Lipinski definition) is 1. The lowest BCUT2D eigenvalue weighted by atomic mass is 10.1. The zero-order valence-electron chi connectivity index (χ0n) is 6.79. The molecule has 0 atom stereocenters. The zero-order chi connectivity index (χ0) is 8.55. The topological polar surface area (TPSA) is 32.9 Å². The molecule has 0 bridgehead atoms. The Bertz CT molecular complexity index is 470. The number of aryl methyl sites for hydroxylation is 1. The molecular weight excluding hydrogens is 150 g/mol. The first-order chi connectivity index (χ1) is 5.77. The Kier molecular flexibility index (Phi) is 1.47. The van der Waals surface area contributed by atoms with Gasteiger partial charge in [0.2, 0.25) is 5.56 Å². The van der Waals surface area contributed by atoms with Gasteiger partial charge in [0.05, 0.1) is 5.52 Å². The van der Waals surface area contributed by atoms with Gasteiger partial charge in [-0.2, -0.15) is 0 Å².